The largest absolute Gasteiger partial charge is 0.480 e. The van der Waals surface area contributed by atoms with Crippen LogP contribution in [0, 0.1) is 5.92 Å². The van der Waals surface area contributed by atoms with Crippen molar-refractivity contribution in [2.45, 2.75) is 32.4 Å². The van der Waals surface area contributed by atoms with Gasteiger partial charge in [0.05, 0.1) is 12.8 Å². The fraction of sp³-hybridized carbons (Fsp3) is 0.500. The van der Waals surface area contributed by atoms with Crippen LogP contribution in [-0.2, 0) is 11.3 Å². The summed E-state index contributed by atoms with van der Waals surface area (Å²) in [6.45, 7) is 3.03. The minimum absolute atomic E-state index is 0.115. The van der Waals surface area contributed by atoms with Crippen LogP contribution in [-0.4, -0.2) is 38.8 Å². The summed E-state index contributed by atoms with van der Waals surface area (Å²) >= 11 is 0. The van der Waals surface area contributed by atoms with Gasteiger partial charge in [-0.3, -0.25) is 9.69 Å². The van der Waals surface area contributed by atoms with Gasteiger partial charge in [-0.25, -0.2) is 0 Å². The summed E-state index contributed by atoms with van der Waals surface area (Å²) in [6, 6.07) is 2.98. The predicted molar refractivity (Wildman–Crippen MR) is 72.2 cm³/mol. The maximum atomic E-state index is 11.4. The molecule has 3 rings (SSSR count). The van der Waals surface area contributed by atoms with E-state index in [1.165, 1.54) is 6.26 Å². The van der Waals surface area contributed by atoms with Crippen molar-refractivity contribution in [1.82, 2.24) is 15.1 Å². The number of piperidine rings is 1. The number of carboxylic acid groups (broad SMARTS) is 1. The molecule has 1 saturated heterocycles. The third kappa shape index (κ3) is 2.82. The molecule has 2 aromatic rings. The number of aliphatic carboxylic acids is 1. The lowest BCUT2D eigenvalue weighted by molar-refractivity contribution is -0.147. The maximum Gasteiger partial charge on any atom is 0.321 e. The highest BCUT2D eigenvalue weighted by atomic mass is 16.4. The SMILES string of the molecule is CC1CCCN(Cc2nnc(-c3ccco3)o2)C1C(=O)O. The second-order valence-electron chi connectivity index (χ2n) is 5.35. The van der Waals surface area contributed by atoms with Crippen LogP contribution < -0.4 is 0 Å². The molecule has 2 aromatic heterocycles. The smallest absolute Gasteiger partial charge is 0.321 e. The molecule has 1 N–H and O–H groups in total. The lowest BCUT2D eigenvalue weighted by atomic mass is 9.91. The van der Waals surface area contributed by atoms with Crippen LogP contribution in [0.4, 0.5) is 0 Å². The first-order chi connectivity index (χ1) is 10.1. The van der Waals surface area contributed by atoms with E-state index in [4.69, 9.17) is 8.83 Å². The molecule has 0 aliphatic carbocycles. The Hall–Kier alpha value is -2.15. The number of furan rings is 1. The Labute approximate surface area is 121 Å². The third-order valence-electron chi connectivity index (χ3n) is 3.83. The van der Waals surface area contributed by atoms with Crippen LogP contribution in [0.5, 0.6) is 0 Å². The molecule has 0 bridgehead atoms. The van der Waals surface area contributed by atoms with Gasteiger partial charge in [0.15, 0.2) is 5.76 Å². The van der Waals surface area contributed by atoms with E-state index in [9.17, 15) is 9.90 Å². The van der Waals surface area contributed by atoms with Crippen molar-refractivity contribution in [2.24, 2.45) is 5.92 Å². The number of carboxylic acids is 1. The van der Waals surface area contributed by atoms with Gasteiger partial charge in [-0.05, 0) is 37.4 Å². The lowest BCUT2D eigenvalue weighted by Gasteiger charge is -2.36. The zero-order chi connectivity index (χ0) is 14.8. The van der Waals surface area contributed by atoms with Gasteiger partial charge in [-0.1, -0.05) is 6.92 Å². The van der Waals surface area contributed by atoms with Gasteiger partial charge in [0.25, 0.3) is 5.89 Å². The fourth-order valence-corrected chi connectivity index (χ4v) is 2.84. The Kier molecular flexibility index (Phi) is 3.74. The molecular weight excluding hydrogens is 274 g/mol. The molecule has 3 heterocycles. The van der Waals surface area contributed by atoms with E-state index in [-0.39, 0.29) is 5.92 Å². The molecule has 1 fully saturated rings. The Morgan fingerprint density at radius 2 is 2.38 bits per heavy atom. The summed E-state index contributed by atoms with van der Waals surface area (Å²) in [6.07, 6.45) is 3.44. The molecule has 0 aromatic carbocycles. The Balaban J connectivity index is 1.75. The molecule has 0 spiro atoms. The number of aromatic nitrogens is 2. The topological polar surface area (TPSA) is 92.6 Å². The minimum Gasteiger partial charge on any atom is -0.480 e. The van der Waals surface area contributed by atoms with Crippen LogP contribution in [0.3, 0.4) is 0 Å². The maximum absolute atomic E-state index is 11.4. The molecule has 0 radical (unpaired) electrons. The van der Waals surface area contributed by atoms with Crippen LogP contribution in [0.2, 0.25) is 0 Å². The Morgan fingerprint density at radius 1 is 1.52 bits per heavy atom. The summed E-state index contributed by atoms with van der Waals surface area (Å²) in [5.74, 6) is 0.543. The van der Waals surface area contributed by atoms with Crippen LogP contribution in [0.1, 0.15) is 25.7 Å². The van der Waals surface area contributed by atoms with Gasteiger partial charge in [-0.2, -0.15) is 0 Å². The first-order valence-electron chi connectivity index (χ1n) is 6.98. The van der Waals surface area contributed by atoms with E-state index in [0.29, 0.717) is 24.1 Å². The van der Waals surface area contributed by atoms with E-state index >= 15 is 0 Å². The standard InChI is InChI=1S/C14H17N3O4/c1-9-4-2-6-17(12(9)14(18)19)8-11-15-16-13(21-11)10-5-3-7-20-10/h3,5,7,9,12H,2,4,6,8H2,1H3,(H,18,19). The molecule has 0 saturated carbocycles. The van der Waals surface area contributed by atoms with Gasteiger partial charge >= 0.3 is 5.97 Å². The summed E-state index contributed by atoms with van der Waals surface area (Å²) in [7, 11) is 0. The van der Waals surface area contributed by atoms with Crippen molar-refractivity contribution in [3.63, 3.8) is 0 Å². The van der Waals surface area contributed by atoms with Crippen LogP contribution in [0.15, 0.2) is 27.2 Å². The average Bonchev–Trinajstić information content (AvgIpc) is 3.08. The van der Waals surface area contributed by atoms with Crippen molar-refractivity contribution >= 4 is 5.97 Å². The van der Waals surface area contributed by atoms with Crippen molar-refractivity contribution in [1.29, 1.82) is 0 Å². The number of likely N-dealkylation sites (tertiary alicyclic amines) is 1. The highest BCUT2D eigenvalue weighted by Gasteiger charge is 2.35. The quantitative estimate of drug-likeness (QED) is 0.921. The zero-order valence-electron chi connectivity index (χ0n) is 11.7. The summed E-state index contributed by atoms with van der Waals surface area (Å²) in [5, 5.41) is 17.3. The van der Waals surface area contributed by atoms with Crippen molar-refractivity contribution < 1.29 is 18.7 Å². The second kappa shape index (κ2) is 5.69. The van der Waals surface area contributed by atoms with Crippen molar-refractivity contribution in [3.05, 3.63) is 24.3 Å². The molecule has 1 aliphatic rings. The molecule has 7 heteroatoms. The normalized spacial score (nSPS) is 23.3. The molecule has 0 amide bonds. The summed E-state index contributed by atoms with van der Waals surface area (Å²) in [4.78, 5) is 13.3. The van der Waals surface area contributed by atoms with E-state index in [2.05, 4.69) is 10.2 Å². The second-order valence-corrected chi connectivity index (χ2v) is 5.35. The van der Waals surface area contributed by atoms with Gasteiger partial charge in [0.1, 0.15) is 6.04 Å². The minimum atomic E-state index is -0.798. The van der Waals surface area contributed by atoms with Crippen LogP contribution >= 0.6 is 0 Å². The van der Waals surface area contributed by atoms with Gasteiger partial charge < -0.3 is 13.9 Å². The molecule has 2 atom stereocenters. The molecule has 112 valence electrons. The van der Waals surface area contributed by atoms with Gasteiger partial charge in [0.2, 0.25) is 5.89 Å². The molecule has 2 unspecified atom stereocenters. The monoisotopic (exact) mass is 291 g/mol. The fourth-order valence-electron chi connectivity index (χ4n) is 2.84. The average molecular weight is 291 g/mol. The third-order valence-corrected chi connectivity index (χ3v) is 3.83. The van der Waals surface area contributed by atoms with Crippen molar-refractivity contribution in [2.75, 3.05) is 6.54 Å². The molecular formula is C14H17N3O4. The number of nitrogens with zero attached hydrogens (tertiary/aromatic N) is 3. The first-order valence-corrected chi connectivity index (χ1v) is 6.98. The number of rotatable bonds is 4. The number of carbonyl (C=O) groups is 1. The van der Waals surface area contributed by atoms with E-state index in [1.807, 2.05) is 11.8 Å². The molecule has 1 aliphatic heterocycles. The first kappa shape index (κ1) is 13.8. The Morgan fingerprint density at radius 3 is 3.10 bits per heavy atom. The van der Waals surface area contributed by atoms with Gasteiger partial charge in [0, 0.05) is 0 Å². The molecule has 21 heavy (non-hydrogen) atoms. The number of hydrogen-bond donors (Lipinski definition) is 1. The highest BCUT2D eigenvalue weighted by molar-refractivity contribution is 5.74. The summed E-state index contributed by atoms with van der Waals surface area (Å²) in [5.41, 5.74) is 0. The van der Waals surface area contributed by atoms with E-state index in [0.717, 1.165) is 19.4 Å². The van der Waals surface area contributed by atoms with Crippen molar-refractivity contribution in [3.8, 4) is 11.7 Å². The van der Waals surface area contributed by atoms with Gasteiger partial charge in [-0.15, -0.1) is 10.2 Å². The predicted octanol–water partition coefficient (Wildman–Crippen LogP) is 2.01. The highest BCUT2D eigenvalue weighted by Crippen LogP contribution is 2.26. The number of hydrogen-bond acceptors (Lipinski definition) is 6. The Bertz CT molecular complexity index is 608. The van der Waals surface area contributed by atoms with Crippen LogP contribution in [0.25, 0.3) is 11.7 Å². The molecule has 7 nitrogen and oxygen atoms in total. The lowest BCUT2D eigenvalue weighted by Crippen LogP contribution is -2.48. The van der Waals surface area contributed by atoms with E-state index in [1.54, 1.807) is 12.1 Å². The zero-order valence-corrected chi connectivity index (χ0v) is 11.7. The van der Waals surface area contributed by atoms with E-state index < -0.39 is 12.0 Å². The summed E-state index contributed by atoms with van der Waals surface area (Å²) < 4.78 is 10.7.